The molecule has 1 N–H and O–H groups in total. The van der Waals surface area contributed by atoms with Crippen molar-refractivity contribution < 1.29 is 13.4 Å². The normalized spacial score (nSPS) is 11.9. The van der Waals surface area contributed by atoms with E-state index in [9.17, 15) is 9.00 Å². The minimum atomic E-state index is -1.14. The highest BCUT2D eigenvalue weighted by molar-refractivity contribution is 7.83. The van der Waals surface area contributed by atoms with E-state index in [-0.39, 0.29) is 17.4 Å². The molecule has 3 aromatic rings. The van der Waals surface area contributed by atoms with Crippen LogP contribution < -0.4 is 5.32 Å². The molecule has 6 heteroatoms. The van der Waals surface area contributed by atoms with Crippen LogP contribution >= 0.6 is 11.6 Å². The molecule has 0 saturated carbocycles. The molecule has 140 valence electrons. The van der Waals surface area contributed by atoms with Crippen molar-refractivity contribution in [2.45, 2.75) is 17.9 Å². The lowest BCUT2D eigenvalue weighted by Crippen LogP contribution is -2.25. The average Bonchev–Trinajstić information content (AvgIpc) is 3.11. The van der Waals surface area contributed by atoms with Gasteiger partial charge in [-0.2, -0.15) is 0 Å². The monoisotopic (exact) mass is 401 g/mol. The van der Waals surface area contributed by atoms with Crippen LogP contribution in [0.5, 0.6) is 0 Å². The molecule has 1 heterocycles. The summed E-state index contributed by atoms with van der Waals surface area (Å²) in [7, 11) is -1.14. The van der Waals surface area contributed by atoms with E-state index in [1.807, 2.05) is 42.5 Å². The van der Waals surface area contributed by atoms with Gasteiger partial charge in [0.1, 0.15) is 5.76 Å². The van der Waals surface area contributed by atoms with Gasteiger partial charge in [-0.1, -0.05) is 54.1 Å². The van der Waals surface area contributed by atoms with Gasteiger partial charge in [-0.15, -0.1) is 0 Å². The predicted molar refractivity (Wildman–Crippen MR) is 108 cm³/mol. The molecule has 0 unspecified atom stereocenters. The molecule has 0 fully saturated rings. The Labute approximate surface area is 166 Å². The van der Waals surface area contributed by atoms with Crippen LogP contribution in [0.1, 0.15) is 27.4 Å². The number of carbonyl (C=O) groups excluding carboxylic acids is 1. The minimum absolute atomic E-state index is 0.234. The zero-order valence-corrected chi connectivity index (χ0v) is 16.3. The average molecular weight is 402 g/mol. The van der Waals surface area contributed by atoms with Gasteiger partial charge in [0, 0.05) is 28.1 Å². The van der Waals surface area contributed by atoms with Gasteiger partial charge in [0.25, 0.3) is 5.91 Å². The third kappa shape index (κ3) is 6.08. The van der Waals surface area contributed by atoms with Crippen molar-refractivity contribution in [3.63, 3.8) is 0 Å². The maximum atomic E-state index is 12.3. The summed E-state index contributed by atoms with van der Waals surface area (Å²) in [6, 6.07) is 20.6. The Morgan fingerprint density at radius 3 is 2.52 bits per heavy atom. The molecule has 0 spiro atoms. The van der Waals surface area contributed by atoms with Gasteiger partial charge in [0.05, 0.1) is 5.75 Å². The topological polar surface area (TPSA) is 59.3 Å². The second-order valence-electron chi connectivity index (χ2n) is 6.12. The SMILES string of the molecule is O=C(NCCc1ccccc1)c1ccc(C[S@@](=O)Cc2cccc(Cl)c2)o1. The first-order valence-corrected chi connectivity index (χ1v) is 10.5. The molecule has 0 saturated heterocycles. The van der Waals surface area contributed by atoms with Crippen molar-refractivity contribution in [1.29, 1.82) is 0 Å². The summed E-state index contributed by atoms with van der Waals surface area (Å²) in [6.45, 7) is 0.527. The summed E-state index contributed by atoms with van der Waals surface area (Å²) in [4.78, 5) is 12.2. The maximum Gasteiger partial charge on any atom is 0.287 e. The Kier molecular flexibility index (Phi) is 6.85. The number of nitrogens with one attached hydrogen (secondary N) is 1. The van der Waals surface area contributed by atoms with E-state index in [1.165, 1.54) is 0 Å². The fourth-order valence-electron chi connectivity index (χ4n) is 2.65. The van der Waals surface area contributed by atoms with Crippen LogP contribution in [0.4, 0.5) is 0 Å². The van der Waals surface area contributed by atoms with E-state index in [0.29, 0.717) is 23.1 Å². The van der Waals surface area contributed by atoms with Crippen LogP contribution in [-0.4, -0.2) is 16.7 Å². The molecule has 27 heavy (non-hydrogen) atoms. The van der Waals surface area contributed by atoms with E-state index < -0.39 is 10.8 Å². The second kappa shape index (κ2) is 9.53. The third-order valence-corrected chi connectivity index (χ3v) is 5.44. The van der Waals surface area contributed by atoms with Crippen LogP contribution in [0.3, 0.4) is 0 Å². The van der Waals surface area contributed by atoms with Crippen LogP contribution in [0.2, 0.25) is 5.02 Å². The molecule has 1 amide bonds. The number of carbonyl (C=O) groups is 1. The van der Waals surface area contributed by atoms with Crippen LogP contribution in [0.25, 0.3) is 0 Å². The highest BCUT2D eigenvalue weighted by atomic mass is 35.5. The van der Waals surface area contributed by atoms with Crippen molar-refractivity contribution in [2.24, 2.45) is 0 Å². The molecule has 0 bridgehead atoms. The summed E-state index contributed by atoms with van der Waals surface area (Å²) in [6.07, 6.45) is 0.754. The first-order valence-electron chi connectivity index (χ1n) is 8.60. The van der Waals surface area contributed by atoms with Crippen LogP contribution in [0, 0.1) is 0 Å². The highest BCUT2D eigenvalue weighted by Gasteiger charge is 2.13. The van der Waals surface area contributed by atoms with Crippen molar-refractivity contribution in [1.82, 2.24) is 5.32 Å². The highest BCUT2D eigenvalue weighted by Crippen LogP contribution is 2.15. The van der Waals surface area contributed by atoms with Crippen molar-refractivity contribution in [3.05, 3.63) is 94.4 Å². The Morgan fingerprint density at radius 1 is 0.963 bits per heavy atom. The number of benzene rings is 2. The van der Waals surface area contributed by atoms with Gasteiger partial charge in [-0.25, -0.2) is 0 Å². The van der Waals surface area contributed by atoms with Crippen molar-refractivity contribution in [3.8, 4) is 0 Å². The van der Waals surface area contributed by atoms with E-state index in [4.69, 9.17) is 16.0 Å². The predicted octanol–water partition coefficient (Wildman–Crippen LogP) is 4.35. The first-order chi connectivity index (χ1) is 13.1. The fourth-order valence-corrected chi connectivity index (χ4v) is 3.99. The van der Waals surface area contributed by atoms with E-state index in [2.05, 4.69) is 5.32 Å². The number of hydrogen-bond donors (Lipinski definition) is 1. The molecular weight excluding hydrogens is 382 g/mol. The lowest BCUT2D eigenvalue weighted by Gasteiger charge is -2.04. The van der Waals surface area contributed by atoms with E-state index >= 15 is 0 Å². The molecule has 3 rings (SSSR count). The summed E-state index contributed by atoms with van der Waals surface area (Å²) < 4.78 is 17.9. The molecule has 0 aliphatic heterocycles. The standard InChI is InChI=1S/C21H20ClNO3S/c22-18-8-4-7-17(13-18)14-27(25)15-19-9-10-20(26-19)21(24)23-12-11-16-5-2-1-3-6-16/h1-10,13H,11-12,14-15H2,(H,23,24)/t27-/m0/s1. The van der Waals surface area contributed by atoms with Gasteiger partial charge < -0.3 is 9.73 Å². The van der Waals surface area contributed by atoms with Gasteiger partial charge in [-0.05, 0) is 41.8 Å². The van der Waals surface area contributed by atoms with Gasteiger partial charge in [0.15, 0.2) is 5.76 Å². The lowest BCUT2D eigenvalue weighted by molar-refractivity contribution is 0.0925. The van der Waals surface area contributed by atoms with Crippen molar-refractivity contribution >= 4 is 28.3 Å². The molecule has 0 aliphatic carbocycles. The van der Waals surface area contributed by atoms with Crippen LogP contribution in [-0.2, 0) is 28.7 Å². The Hall–Kier alpha value is -2.37. The Bertz CT molecular complexity index is 924. The van der Waals surface area contributed by atoms with E-state index in [0.717, 1.165) is 17.5 Å². The minimum Gasteiger partial charge on any atom is -0.455 e. The smallest absolute Gasteiger partial charge is 0.287 e. The largest absolute Gasteiger partial charge is 0.455 e. The Balaban J connectivity index is 1.48. The summed E-state index contributed by atoms with van der Waals surface area (Å²) in [5, 5.41) is 3.46. The molecule has 0 aliphatic rings. The number of amides is 1. The van der Waals surface area contributed by atoms with Gasteiger partial charge in [0.2, 0.25) is 0 Å². The number of halogens is 1. The second-order valence-corrected chi connectivity index (χ2v) is 8.01. The lowest BCUT2D eigenvalue weighted by atomic mass is 10.1. The molecule has 0 radical (unpaired) electrons. The number of rotatable bonds is 8. The van der Waals surface area contributed by atoms with Gasteiger partial charge in [-0.3, -0.25) is 9.00 Å². The van der Waals surface area contributed by atoms with E-state index in [1.54, 1.807) is 24.3 Å². The quantitative estimate of drug-likeness (QED) is 0.610. The van der Waals surface area contributed by atoms with Crippen LogP contribution in [0.15, 0.2) is 71.1 Å². The molecule has 2 aromatic carbocycles. The fraction of sp³-hybridized carbons (Fsp3) is 0.190. The molecular formula is C21H20ClNO3S. The first kappa shape index (κ1) is 19.4. The maximum absolute atomic E-state index is 12.3. The zero-order valence-electron chi connectivity index (χ0n) is 14.7. The Morgan fingerprint density at radius 2 is 1.74 bits per heavy atom. The van der Waals surface area contributed by atoms with Crippen molar-refractivity contribution in [2.75, 3.05) is 6.54 Å². The summed E-state index contributed by atoms with van der Waals surface area (Å²) in [5.41, 5.74) is 2.07. The van der Waals surface area contributed by atoms with Gasteiger partial charge >= 0.3 is 0 Å². The summed E-state index contributed by atoms with van der Waals surface area (Å²) >= 11 is 5.95. The zero-order chi connectivity index (χ0) is 19.1. The molecule has 4 nitrogen and oxygen atoms in total. The molecule has 1 aromatic heterocycles. The third-order valence-electron chi connectivity index (χ3n) is 3.95. The molecule has 1 atom stereocenters. The summed E-state index contributed by atoms with van der Waals surface area (Å²) in [5.74, 6) is 1.14. The number of hydrogen-bond acceptors (Lipinski definition) is 3. The number of furan rings is 1.